The number of nitrogens with zero attached hydrogens (tertiary/aromatic N) is 4. The van der Waals surface area contributed by atoms with E-state index in [4.69, 9.17) is 18.2 Å². The number of fused-ring (bicyclic) bond motifs is 1. The molecule has 19 heavy (non-hydrogen) atoms. The van der Waals surface area contributed by atoms with Crippen LogP contribution in [0.5, 0.6) is 0 Å². The van der Waals surface area contributed by atoms with Gasteiger partial charge in [-0.05, 0) is 24.1 Å². The molecule has 0 spiro atoms. The van der Waals surface area contributed by atoms with Crippen molar-refractivity contribution in [1.82, 2.24) is 14.4 Å². The maximum Gasteiger partial charge on any atom is 0.209 e. The Morgan fingerprint density at radius 3 is 2.68 bits per heavy atom. The minimum atomic E-state index is 0.377. The molecule has 2 aromatic heterocycles. The zero-order valence-corrected chi connectivity index (χ0v) is 10.9. The summed E-state index contributed by atoms with van der Waals surface area (Å²) >= 11 is 6.15. The molecule has 0 bridgehead atoms. The maximum atomic E-state index is 6.96. The summed E-state index contributed by atoms with van der Waals surface area (Å²) < 4.78 is 1.74. The first-order valence-electron chi connectivity index (χ1n) is 5.67. The third-order valence-corrected chi connectivity index (χ3v) is 3.32. The number of rotatable bonds is 1. The second-order valence-corrected chi connectivity index (χ2v) is 4.50. The molecule has 2 heterocycles. The van der Waals surface area contributed by atoms with E-state index in [0.29, 0.717) is 11.0 Å². The van der Waals surface area contributed by atoms with Gasteiger partial charge in [0.2, 0.25) is 5.28 Å². The van der Waals surface area contributed by atoms with E-state index in [1.807, 2.05) is 19.1 Å². The number of hydrogen-bond acceptors (Lipinski definition) is 2. The third-order valence-electron chi connectivity index (χ3n) is 3.05. The Balaban J connectivity index is 2.24. The Kier molecular flexibility index (Phi) is 2.69. The van der Waals surface area contributed by atoms with Crippen LogP contribution in [0, 0.1) is 13.5 Å². The first-order chi connectivity index (χ1) is 9.20. The van der Waals surface area contributed by atoms with Gasteiger partial charge in [0.1, 0.15) is 6.33 Å². The largest absolute Gasteiger partial charge is 0.273 e. The van der Waals surface area contributed by atoms with Crippen molar-refractivity contribution in [2.75, 3.05) is 0 Å². The van der Waals surface area contributed by atoms with Gasteiger partial charge in [-0.15, -0.1) is 0 Å². The molecule has 3 rings (SSSR count). The molecule has 3 aromatic rings. The van der Waals surface area contributed by atoms with Crippen LogP contribution in [-0.2, 0) is 0 Å². The van der Waals surface area contributed by atoms with Crippen molar-refractivity contribution in [1.29, 1.82) is 0 Å². The first-order valence-corrected chi connectivity index (χ1v) is 6.04. The van der Waals surface area contributed by atoms with Gasteiger partial charge >= 0.3 is 0 Å². The van der Waals surface area contributed by atoms with Crippen LogP contribution in [0.1, 0.15) is 5.56 Å². The van der Waals surface area contributed by atoms with Crippen LogP contribution in [0.15, 0.2) is 36.8 Å². The fraction of sp³-hybridized carbons (Fsp3) is 0.0714. The van der Waals surface area contributed by atoms with Gasteiger partial charge in [0.25, 0.3) is 0 Å². The predicted octanol–water partition coefficient (Wildman–Crippen LogP) is 3.91. The summed E-state index contributed by atoms with van der Waals surface area (Å²) in [6, 6.07) is 7.31. The van der Waals surface area contributed by atoms with E-state index in [2.05, 4.69) is 14.8 Å². The molecule has 0 amide bonds. The molecular weight excluding hydrogens is 260 g/mol. The smallest absolute Gasteiger partial charge is 0.209 e. The van der Waals surface area contributed by atoms with E-state index in [0.717, 1.165) is 22.3 Å². The number of hydrogen-bond donors (Lipinski definition) is 0. The molecule has 0 aliphatic rings. The van der Waals surface area contributed by atoms with E-state index in [1.165, 1.54) is 0 Å². The predicted molar refractivity (Wildman–Crippen MR) is 74.4 cm³/mol. The standard InChI is InChI=1S/C14H9ClN4/c1-9-12-7-17-8-19(12)14(15)18-13(9)10-3-5-11(16-2)6-4-10/h3-8H,1H3. The Hall–Kier alpha value is -2.38. The first kappa shape index (κ1) is 11.7. The summed E-state index contributed by atoms with van der Waals surface area (Å²) in [5.41, 5.74) is 4.31. The quantitative estimate of drug-likeness (QED) is 0.495. The minimum absolute atomic E-state index is 0.377. The number of aryl methyl sites for hydroxylation is 1. The summed E-state index contributed by atoms with van der Waals surface area (Å²) in [5.74, 6) is 0. The lowest BCUT2D eigenvalue weighted by atomic mass is 10.1. The highest BCUT2D eigenvalue weighted by molar-refractivity contribution is 6.28. The van der Waals surface area contributed by atoms with Gasteiger partial charge < -0.3 is 0 Å². The second kappa shape index (κ2) is 4.38. The van der Waals surface area contributed by atoms with Crippen LogP contribution >= 0.6 is 11.6 Å². The van der Waals surface area contributed by atoms with E-state index in [9.17, 15) is 0 Å². The lowest BCUT2D eigenvalue weighted by Gasteiger charge is -2.08. The van der Waals surface area contributed by atoms with E-state index >= 15 is 0 Å². The third kappa shape index (κ3) is 1.85. The molecule has 0 aliphatic heterocycles. The normalized spacial score (nSPS) is 10.6. The van der Waals surface area contributed by atoms with Gasteiger partial charge in [-0.1, -0.05) is 24.3 Å². The fourth-order valence-electron chi connectivity index (χ4n) is 2.05. The van der Waals surface area contributed by atoms with Crippen molar-refractivity contribution in [2.45, 2.75) is 6.92 Å². The molecule has 0 saturated heterocycles. The molecule has 4 nitrogen and oxygen atoms in total. The SMILES string of the molecule is [C-]#[N+]c1ccc(-c2nc(Cl)n3cncc3c2C)cc1. The average molecular weight is 269 g/mol. The molecular formula is C14H9ClN4. The molecule has 0 atom stereocenters. The van der Waals surface area contributed by atoms with Crippen molar-refractivity contribution in [3.8, 4) is 11.3 Å². The molecule has 92 valence electrons. The molecule has 5 heteroatoms. The molecule has 0 fully saturated rings. The molecule has 0 aliphatic carbocycles. The van der Waals surface area contributed by atoms with E-state index in [1.54, 1.807) is 29.1 Å². The zero-order valence-electron chi connectivity index (χ0n) is 10.1. The van der Waals surface area contributed by atoms with Crippen molar-refractivity contribution < 1.29 is 0 Å². The molecule has 0 radical (unpaired) electrons. The number of aromatic nitrogens is 3. The number of benzene rings is 1. The Morgan fingerprint density at radius 1 is 1.26 bits per heavy atom. The highest BCUT2D eigenvalue weighted by Gasteiger charge is 2.11. The van der Waals surface area contributed by atoms with Crippen LogP contribution in [0.4, 0.5) is 5.69 Å². The van der Waals surface area contributed by atoms with Crippen LogP contribution in [0.3, 0.4) is 0 Å². The molecule has 1 aromatic carbocycles. The van der Waals surface area contributed by atoms with Crippen LogP contribution in [0.2, 0.25) is 5.28 Å². The summed E-state index contributed by atoms with van der Waals surface area (Å²) in [7, 11) is 0. The van der Waals surface area contributed by atoms with Gasteiger partial charge in [0, 0.05) is 5.56 Å². The van der Waals surface area contributed by atoms with Crippen molar-refractivity contribution >= 4 is 22.8 Å². The summed E-state index contributed by atoms with van der Waals surface area (Å²) in [6.07, 6.45) is 3.41. The Bertz CT molecular complexity index is 797. The van der Waals surface area contributed by atoms with Gasteiger partial charge in [0.05, 0.1) is 24.0 Å². The Labute approximate surface area is 115 Å². The molecule has 0 unspecified atom stereocenters. The Morgan fingerprint density at radius 2 is 2.00 bits per heavy atom. The lowest BCUT2D eigenvalue weighted by Crippen LogP contribution is -1.96. The maximum absolute atomic E-state index is 6.96. The highest BCUT2D eigenvalue weighted by Crippen LogP contribution is 2.28. The van der Waals surface area contributed by atoms with Gasteiger partial charge in [-0.2, -0.15) is 0 Å². The lowest BCUT2D eigenvalue weighted by molar-refractivity contribution is 1.06. The van der Waals surface area contributed by atoms with Gasteiger partial charge in [-0.3, -0.25) is 4.40 Å². The zero-order chi connectivity index (χ0) is 13.4. The molecule has 0 N–H and O–H groups in total. The molecule has 0 saturated carbocycles. The minimum Gasteiger partial charge on any atom is -0.273 e. The number of imidazole rings is 1. The van der Waals surface area contributed by atoms with Crippen molar-refractivity contribution in [3.63, 3.8) is 0 Å². The summed E-state index contributed by atoms with van der Waals surface area (Å²) in [4.78, 5) is 11.9. The summed E-state index contributed by atoms with van der Waals surface area (Å²) in [6.45, 7) is 8.94. The number of halogens is 1. The van der Waals surface area contributed by atoms with Crippen molar-refractivity contribution in [3.05, 3.63) is 59.1 Å². The topological polar surface area (TPSA) is 34.5 Å². The van der Waals surface area contributed by atoms with Crippen LogP contribution < -0.4 is 0 Å². The summed E-state index contributed by atoms with van der Waals surface area (Å²) in [5, 5.41) is 0.377. The van der Waals surface area contributed by atoms with E-state index < -0.39 is 0 Å². The van der Waals surface area contributed by atoms with Gasteiger partial charge in [-0.25, -0.2) is 14.8 Å². The van der Waals surface area contributed by atoms with Crippen LogP contribution in [0.25, 0.3) is 21.6 Å². The monoisotopic (exact) mass is 268 g/mol. The van der Waals surface area contributed by atoms with Crippen LogP contribution in [-0.4, -0.2) is 14.4 Å². The second-order valence-electron chi connectivity index (χ2n) is 4.16. The fourth-order valence-corrected chi connectivity index (χ4v) is 2.26. The van der Waals surface area contributed by atoms with Gasteiger partial charge in [0.15, 0.2) is 5.69 Å². The van der Waals surface area contributed by atoms with E-state index in [-0.39, 0.29) is 0 Å². The average Bonchev–Trinajstić information content (AvgIpc) is 2.93. The highest BCUT2D eigenvalue weighted by atomic mass is 35.5. The van der Waals surface area contributed by atoms with Crippen molar-refractivity contribution in [2.24, 2.45) is 0 Å².